The lowest BCUT2D eigenvalue weighted by atomic mass is 10.0. The van der Waals surface area contributed by atoms with Gasteiger partial charge in [0.05, 0.1) is 0 Å². The molecule has 0 atom stereocenters. The van der Waals surface area contributed by atoms with E-state index in [0.29, 0.717) is 24.3 Å². The fourth-order valence-electron chi connectivity index (χ4n) is 3.13. The monoisotopic (exact) mass is 372 g/mol. The largest absolute Gasteiger partial charge is 0.339 e. The third-order valence-corrected chi connectivity index (χ3v) is 4.69. The van der Waals surface area contributed by atoms with Crippen molar-refractivity contribution < 1.29 is 9.59 Å². The molecular weight excluding hydrogens is 348 g/mol. The molecule has 0 aliphatic carbocycles. The summed E-state index contributed by atoms with van der Waals surface area (Å²) in [5.41, 5.74) is 2.27. The van der Waals surface area contributed by atoms with E-state index in [-0.39, 0.29) is 11.8 Å². The Morgan fingerprint density at radius 2 is 1.57 bits per heavy atom. The highest BCUT2D eigenvalue weighted by Crippen LogP contribution is 2.19. The normalized spacial score (nSPS) is 10.9. The van der Waals surface area contributed by atoms with E-state index in [2.05, 4.69) is 5.32 Å². The third-order valence-electron chi connectivity index (χ3n) is 4.69. The van der Waals surface area contributed by atoms with E-state index in [0.717, 1.165) is 16.3 Å². The molecule has 28 heavy (non-hydrogen) atoms. The van der Waals surface area contributed by atoms with Crippen LogP contribution in [0.4, 0.5) is 5.69 Å². The van der Waals surface area contributed by atoms with Crippen LogP contribution in [0, 0.1) is 0 Å². The highest BCUT2D eigenvalue weighted by molar-refractivity contribution is 6.04. The highest BCUT2D eigenvalue weighted by Gasteiger charge is 2.12. The second-order valence-corrected chi connectivity index (χ2v) is 6.45. The van der Waals surface area contributed by atoms with Crippen LogP contribution < -0.4 is 5.32 Å². The van der Waals surface area contributed by atoms with Crippen molar-refractivity contribution in [2.75, 3.05) is 18.4 Å². The number of benzene rings is 3. The predicted octanol–water partition coefficient (Wildman–Crippen LogP) is 4.97. The van der Waals surface area contributed by atoms with Crippen molar-refractivity contribution in [3.8, 4) is 0 Å². The van der Waals surface area contributed by atoms with Gasteiger partial charge in [0.25, 0.3) is 5.91 Å². The maximum atomic E-state index is 12.3. The molecule has 3 aromatic carbocycles. The SMILES string of the molecule is CCN(CC)C(=O)c1ccc(NC(=O)/C=C/c2cccc3ccccc23)cc1. The number of nitrogens with one attached hydrogen (secondary N) is 1. The van der Waals surface area contributed by atoms with Crippen molar-refractivity contribution in [3.63, 3.8) is 0 Å². The van der Waals surface area contributed by atoms with Crippen molar-refractivity contribution >= 4 is 34.4 Å². The maximum Gasteiger partial charge on any atom is 0.253 e. The van der Waals surface area contributed by atoms with E-state index < -0.39 is 0 Å². The van der Waals surface area contributed by atoms with Gasteiger partial charge in [-0.15, -0.1) is 0 Å². The molecular formula is C24H24N2O2. The van der Waals surface area contributed by atoms with Crippen LogP contribution in [-0.4, -0.2) is 29.8 Å². The fourth-order valence-corrected chi connectivity index (χ4v) is 3.13. The number of hydrogen-bond donors (Lipinski definition) is 1. The zero-order valence-corrected chi connectivity index (χ0v) is 16.2. The molecule has 0 aromatic heterocycles. The third kappa shape index (κ3) is 4.46. The predicted molar refractivity (Wildman–Crippen MR) is 115 cm³/mol. The van der Waals surface area contributed by atoms with Crippen molar-refractivity contribution in [1.29, 1.82) is 0 Å². The average molecular weight is 372 g/mol. The van der Waals surface area contributed by atoms with E-state index in [1.54, 1.807) is 29.2 Å². The number of fused-ring (bicyclic) bond motifs is 1. The first-order valence-corrected chi connectivity index (χ1v) is 9.48. The van der Waals surface area contributed by atoms with E-state index in [1.165, 1.54) is 6.08 Å². The van der Waals surface area contributed by atoms with E-state index in [9.17, 15) is 9.59 Å². The Balaban J connectivity index is 1.68. The lowest BCUT2D eigenvalue weighted by Crippen LogP contribution is -2.30. The molecule has 0 radical (unpaired) electrons. The van der Waals surface area contributed by atoms with Crippen molar-refractivity contribution in [2.24, 2.45) is 0 Å². The summed E-state index contributed by atoms with van der Waals surface area (Å²) in [7, 11) is 0. The van der Waals surface area contributed by atoms with Crippen molar-refractivity contribution in [1.82, 2.24) is 4.90 Å². The van der Waals surface area contributed by atoms with Crippen LogP contribution >= 0.6 is 0 Å². The van der Waals surface area contributed by atoms with E-state index in [4.69, 9.17) is 0 Å². The van der Waals surface area contributed by atoms with Gasteiger partial charge in [-0.25, -0.2) is 0 Å². The molecule has 0 fully saturated rings. The van der Waals surface area contributed by atoms with Crippen molar-refractivity contribution in [2.45, 2.75) is 13.8 Å². The minimum absolute atomic E-state index is 0.00118. The summed E-state index contributed by atoms with van der Waals surface area (Å²) in [5, 5.41) is 5.08. The molecule has 2 amide bonds. The van der Waals surface area contributed by atoms with Gasteiger partial charge in [0.2, 0.25) is 5.91 Å². The Hall–Kier alpha value is -3.40. The van der Waals surface area contributed by atoms with Crippen LogP contribution in [0.2, 0.25) is 0 Å². The molecule has 3 aromatic rings. The molecule has 0 spiro atoms. The summed E-state index contributed by atoms with van der Waals surface area (Å²) in [5.74, 6) is -0.213. The topological polar surface area (TPSA) is 49.4 Å². The van der Waals surface area contributed by atoms with Crippen LogP contribution in [0.25, 0.3) is 16.8 Å². The molecule has 0 unspecified atom stereocenters. The van der Waals surface area contributed by atoms with Gasteiger partial charge in [-0.3, -0.25) is 9.59 Å². The number of nitrogens with zero attached hydrogens (tertiary/aromatic N) is 1. The van der Waals surface area contributed by atoms with Gasteiger partial charge < -0.3 is 10.2 Å². The minimum Gasteiger partial charge on any atom is -0.339 e. The number of hydrogen-bond acceptors (Lipinski definition) is 2. The van der Waals surface area contributed by atoms with Gasteiger partial charge in [0, 0.05) is 30.4 Å². The Kier molecular flexibility index (Phi) is 6.22. The molecule has 1 N–H and O–H groups in total. The molecule has 4 heteroatoms. The number of carbonyl (C=O) groups is 2. The van der Waals surface area contributed by atoms with Gasteiger partial charge >= 0.3 is 0 Å². The zero-order valence-electron chi connectivity index (χ0n) is 16.2. The standard InChI is InChI=1S/C24H24N2O2/c1-3-26(4-2)24(28)20-12-15-21(16-13-20)25-23(27)17-14-19-10-7-9-18-8-5-6-11-22(18)19/h5-17H,3-4H2,1-2H3,(H,25,27)/b17-14+. The summed E-state index contributed by atoms with van der Waals surface area (Å²) in [6.07, 6.45) is 3.34. The van der Waals surface area contributed by atoms with Gasteiger partial charge in [-0.2, -0.15) is 0 Å². The zero-order chi connectivity index (χ0) is 19.9. The smallest absolute Gasteiger partial charge is 0.253 e. The summed E-state index contributed by atoms with van der Waals surface area (Å²) in [4.78, 5) is 26.4. The first-order valence-electron chi connectivity index (χ1n) is 9.48. The number of rotatable bonds is 6. The van der Waals surface area contributed by atoms with Crippen LogP contribution in [0.15, 0.2) is 72.8 Å². The first kappa shape index (κ1) is 19.4. The highest BCUT2D eigenvalue weighted by atomic mass is 16.2. The lowest BCUT2D eigenvalue weighted by molar-refractivity contribution is -0.111. The number of anilines is 1. The van der Waals surface area contributed by atoms with Gasteiger partial charge in [0.15, 0.2) is 0 Å². The van der Waals surface area contributed by atoms with Crippen LogP contribution in [0.5, 0.6) is 0 Å². The van der Waals surface area contributed by atoms with Crippen LogP contribution in [0.3, 0.4) is 0 Å². The second-order valence-electron chi connectivity index (χ2n) is 6.45. The quantitative estimate of drug-likeness (QED) is 0.621. The van der Waals surface area contributed by atoms with Crippen LogP contribution in [-0.2, 0) is 4.79 Å². The van der Waals surface area contributed by atoms with Gasteiger partial charge in [0.1, 0.15) is 0 Å². The molecule has 3 rings (SSSR count). The van der Waals surface area contributed by atoms with Crippen molar-refractivity contribution in [3.05, 3.63) is 83.9 Å². The minimum atomic E-state index is -0.212. The molecule has 0 aliphatic rings. The van der Waals surface area contributed by atoms with Gasteiger partial charge in [-0.1, -0.05) is 42.5 Å². The van der Waals surface area contributed by atoms with E-state index >= 15 is 0 Å². The molecule has 0 saturated carbocycles. The number of amides is 2. The summed E-state index contributed by atoms with van der Waals surface area (Å²) >= 11 is 0. The molecule has 0 bridgehead atoms. The molecule has 0 saturated heterocycles. The Labute approximate surface area is 165 Å². The molecule has 4 nitrogen and oxygen atoms in total. The molecule has 0 heterocycles. The first-order chi connectivity index (χ1) is 13.6. The maximum absolute atomic E-state index is 12.3. The molecule has 142 valence electrons. The Morgan fingerprint density at radius 3 is 2.29 bits per heavy atom. The Morgan fingerprint density at radius 1 is 0.893 bits per heavy atom. The number of carbonyl (C=O) groups excluding carboxylic acids is 2. The van der Waals surface area contributed by atoms with Gasteiger partial charge in [-0.05, 0) is 60.5 Å². The molecule has 0 aliphatic heterocycles. The van der Waals surface area contributed by atoms with Crippen LogP contribution in [0.1, 0.15) is 29.8 Å². The second kappa shape index (κ2) is 9.00. The average Bonchev–Trinajstić information content (AvgIpc) is 2.73. The Bertz CT molecular complexity index is 997. The summed E-state index contributed by atoms with van der Waals surface area (Å²) in [6, 6.07) is 21.1. The lowest BCUT2D eigenvalue weighted by Gasteiger charge is -2.18. The van der Waals surface area contributed by atoms with E-state index in [1.807, 2.05) is 62.4 Å². The fraction of sp³-hybridized carbons (Fsp3) is 0.167. The summed E-state index contributed by atoms with van der Waals surface area (Å²) in [6.45, 7) is 5.26. The summed E-state index contributed by atoms with van der Waals surface area (Å²) < 4.78 is 0.